The molecule has 0 saturated carbocycles. The Hall–Kier alpha value is -1.10. The summed E-state index contributed by atoms with van der Waals surface area (Å²) in [4.78, 5) is 24.3. The predicted octanol–water partition coefficient (Wildman–Crippen LogP) is 0.452. The van der Waals surface area contributed by atoms with Crippen LogP contribution >= 0.6 is 0 Å². The second-order valence-corrected chi connectivity index (χ2v) is 4.10. The first-order valence-electron chi connectivity index (χ1n) is 5.89. The Morgan fingerprint density at radius 3 is 2.81 bits per heavy atom. The summed E-state index contributed by atoms with van der Waals surface area (Å²) in [6, 6.07) is -0.692. The number of rotatable bonds is 5. The van der Waals surface area contributed by atoms with Gasteiger partial charge in [0.2, 0.25) is 5.91 Å². The molecule has 1 atom stereocenters. The van der Waals surface area contributed by atoms with Crippen LogP contribution in [0.5, 0.6) is 0 Å². The first-order valence-corrected chi connectivity index (χ1v) is 5.89. The summed E-state index contributed by atoms with van der Waals surface area (Å²) in [5.74, 6) is -0.946. The molecule has 0 aromatic carbocycles. The van der Waals surface area contributed by atoms with E-state index >= 15 is 0 Å². The van der Waals surface area contributed by atoms with E-state index in [-0.39, 0.29) is 5.91 Å². The van der Waals surface area contributed by atoms with Crippen molar-refractivity contribution in [2.45, 2.75) is 38.6 Å². The van der Waals surface area contributed by atoms with Crippen LogP contribution < -0.4 is 5.32 Å². The number of nitrogens with one attached hydrogen (secondary N) is 1. The quantitative estimate of drug-likeness (QED) is 0.670. The van der Waals surface area contributed by atoms with Crippen molar-refractivity contribution in [1.82, 2.24) is 10.2 Å². The normalized spacial score (nSPS) is 20.8. The maximum Gasteiger partial charge on any atom is 0.327 e. The van der Waals surface area contributed by atoms with E-state index in [9.17, 15) is 9.59 Å². The molecule has 92 valence electrons. The molecule has 1 rings (SSSR count). The number of hydrogen-bond acceptors (Lipinski definition) is 3. The predicted molar refractivity (Wildman–Crippen MR) is 60.1 cm³/mol. The van der Waals surface area contributed by atoms with Crippen LogP contribution in [0.4, 0.5) is 0 Å². The summed E-state index contributed by atoms with van der Waals surface area (Å²) in [5, 5.41) is 12.0. The number of carbonyl (C=O) groups is 2. The number of unbranched alkanes of at least 4 members (excludes halogenated alkanes) is 2. The van der Waals surface area contributed by atoms with Crippen molar-refractivity contribution in [3.63, 3.8) is 0 Å². The maximum atomic E-state index is 11.8. The van der Waals surface area contributed by atoms with Gasteiger partial charge in [0, 0.05) is 26.1 Å². The zero-order valence-corrected chi connectivity index (χ0v) is 9.74. The first-order chi connectivity index (χ1) is 7.66. The fourth-order valence-corrected chi connectivity index (χ4v) is 1.89. The fourth-order valence-electron chi connectivity index (χ4n) is 1.89. The van der Waals surface area contributed by atoms with Crippen LogP contribution in [0.1, 0.15) is 32.6 Å². The number of aliphatic carboxylic acids is 1. The van der Waals surface area contributed by atoms with Gasteiger partial charge in [-0.3, -0.25) is 4.79 Å². The van der Waals surface area contributed by atoms with Gasteiger partial charge >= 0.3 is 5.97 Å². The van der Waals surface area contributed by atoms with E-state index in [0.717, 1.165) is 19.3 Å². The van der Waals surface area contributed by atoms with E-state index in [0.29, 0.717) is 26.1 Å². The molecule has 0 bridgehead atoms. The largest absolute Gasteiger partial charge is 0.480 e. The summed E-state index contributed by atoms with van der Waals surface area (Å²) in [6.45, 7) is 3.62. The topological polar surface area (TPSA) is 69.6 Å². The van der Waals surface area contributed by atoms with Gasteiger partial charge in [-0.15, -0.1) is 0 Å². The smallest absolute Gasteiger partial charge is 0.327 e. The maximum absolute atomic E-state index is 11.8. The molecule has 0 spiro atoms. The Morgan fingerprint density at radius 2 is 2.19 bits per heavy atom. The second-order valence-electron chi connectivity index (χ2n) is 4.10. The van der Waals surface area contributed by atoms with Gasteiger partial charge in [0.25, 0.3) is 0 Å². The molecule has 2 N–H and O–H groups in total. The van der Waals surface area contributed by atoms with Gasteiger partial charge < -0.3 is 15.3 Å². The van der Waals surface area contributed by atoms with Crippen molar-refractivity contribution >= 4 is 11.9 Å². The first kappa shape index (κ1) is 13.0. The number of carboxylic acid groups (broad SMARTS) is 1. The van der Waals surface area contributed by atoms with Gasteiger partial charge in [-0.1, -0.05) is 19.8 Å². The monoisotopic (exact) mass is 228 g/mol. The Bertz CT molecular complexity index is 256. The third-order valence-corrected chi connectivity index (χ3v) is 2.84. The Balaban J connectivity index is 2.47. The number of piperazine rings is 1. The molecule has 0 aromatic rings. The molecule has 0 aliphatic carbocycles. The van der Waals surface area contributed by atoms with Crippen molar-refractivity contribution in [2.75, 3.05) is 19.6 Å². The highest BCUT2D eigenvalue weighted by molar-refractivity contribution is 5.84. The Labute approximate surface area is 95.8 Å². The van der Waals surface area contributed by atoms with Crippen molar-refractivity contribution in [3.8, 4) is 0 Å². The van der Waals surface area contributed by atoms with Gasteiger partial charge in [-0.05, 0) is 6.42 Å². The lowest BCUT2D eigenvalue weighted by Crippen LogP contribution is -2.56. The molecule has 5 nitrogen and oxygen atoms in total. The lowest BCUT2D eigenvalue weighted by atomic mass is 10.1. The highest BCUT2D eigenvalue weighted by Crippen LogP contribution is 2.09. The number of carboxylic acids is 1. The van der Waals surface area contributed by atoms with Crippen LogP contribution in [-0.4, -0.2) is 47.6 Å². The van der Waals surface area contributed by atoms with Gasteiger partial charge in [0.15, 0.2) is 0 Å². The molecule has 1 aliphatic heterocycles. The minimum Gasteiger partial charge on any atom is -0.480 e. The fraction of sp³-hybridized carbons (Fsp3) is 0.818. The summed E-state index contributed by atoms with van der Waals surface area (Å²) in [6.07, 6.45) is 3.41. The average molecular weight is 228 g/mol. The van der Waals surface area contributed by atoms with Crippen LogP contribution in [0, 0.1) is 0 Å². The third kappa shape index (κ3) is 3.48. The van der Waals surface area contributed by atoms with E-state index in [1.54, 1.807) is 0 Å². The molecule has 0 radical (unpaired) electrons. The molecule has 1 aliphatic rings. The van der Waals surface area contributed by atoms with E-state index < -0.39 is 12.0 Å². The number of amides is 1. The average Bonchev–Trinajstić information content (AvgIpc) is 2.29. The lowest BCUT2D eigenvalue weighted by molar-refractivity contribution is -0.151. The van der Waals surface area contributed by atoms with E-state index in [1.165, 1.54) is 4.90 Å². The van der Waals surface area contributed by atoms with Crippen molar-refractivity contribution in [3.05, 3.63) is 0 Å². The molecule has 1 heterocycles. The minimum atomic E-state index is -0.920. The van der Waals surface area contributed by atoms with Crippen molar-refractivity contribution < 1.29 is 14.7 Å². The van der Waals surface area contributed by atoms with Crippen LogP contribution in [-0.2, 0) is 9.59 Å². The number of nitrogens with zero attached hydrogens (tertiary/aromatic N) is 1. The summed E-state index contributed by atoms with van der Waals surface area (Å²) < 4.78 is 0. The number of carbonyl (C=O) groups excluding carboxylic acids is 1. The van der Waals surface area contributed by atoms with Crippen LogP contribution in [0.2, 0.25) is 0 Å². The molecular weight excluding hydrogens is 208 g/mol. The molecule has 1 fully saturated rings. The third-order valence-electron chi connectivity index (χ3n) is 2.84. The van der Waals surface area contributed by atoms with Crippen LogP contribution in [0.3, 0.4) is 0 Å². The van der Waals surface area contributed by atoms with E-state index in [2.05, 4.69) is 12.2 Å². The summed E-state index contributed by atoms with van der Waals surface area (Å²) in [7, 11) is 0. The van der Waals surface area contributed by atoms with Crippen LogP contribution in [0.15, 0.2) is 0 Å². The molecule has 16 heavy (non-hydrogen) atoms. The zero-order chi connectivity index (χ0) is 12.0. The Kier molecular flexibility index (Phi) is 5.25. The standard InChI is InChI=1S/C11H20N2O3/c1-2-3-4-5-10(14)13-7-6-12-8-9(13)11(15)16/h9,12H,2-8H2,1H3,(H,15,16). The van der Waals surface area contributed by atoms with Gasteiger partial charge in [0.1, 0.15) is 6.04 Å². The summed E-state index contributed by atoms with van der Waals surface area (Å²) >= 11 is 0. The van der Waals surface area contributed by atoms with Gasteiger partial charge in [-0.25, -0.2) is 4.79 Å². The zero-order valence-electron chi connectivity index (χ0n) is 9.74. The molecule has 1 saturated heterocycles. The van der Waals surface area contributed by atoms with Crippen molar-refractivity contribution in [1.29, 1.82) is 0 Å². The SMILES string of the molecule is CCCCCC(=O)N1CCNCC1C(=O)O. The highest BCUT2D eigenvalue weighted by Gasteiger charge is 2.31. The van der Waals surface area contributed by atoms with Gasteiger partial charge in [-0.2, -0.15) is 0 Å². The van der Waals surface area contributed by atoms with Crippen LogP contribution in [0.25, 0.3) is 0 Å². The van der Waals surface area contributed by atoms with Gasteiger partial charge in [0.05, 0.1) is 0 Å². The Morgan fingerprint density at radius 1 is 1.44 bits per heavy atom. The molecule has 0 aromatic heterocycles. The second kappa shape index (κ2) is 6.48. The molecule has 1 amide bonds. The van der Waals surface area contributed by atoms with E-state index in [4.69, 9.17) is 5.11 Å². The molecule has 5 heteroatoms. The number of hydrogen-bond donors (Lipinski definition) is 2. The summed E-state index contributed by atoms with van der Waals surface area (Å²) in [5.41, 5.74) is 0. The molecule has 1 unspecified atom stereocenters. The highest BCUT2D eigenvalue weighted by atomic mass is 16.4. The minimum absolute atomic E-state index is 0.0256. The molecular formula is C11H20N2O3. The van der Waals surface area contributed by atoms with E-state index in [1.807, 2.05) is 0 Å². The lowest BCUT2D eigenvalue weighted by Gasteiger charge is -2.33. The van der Waals surface area contributed by atoms with Crippen molar-refractivity contribution in [2.24, 2.45) is 0 Å².